The number of hydrogen-bond acceptors (Lipinski definition) is 6. The molecule has 2 atom stereocenters. The molecular weight excluding hydrogens is 332 g/mol. The van der Waals surface area contributed by atoms with Gasteiger partial charge in [0.25, 0.3) is 0 Å². The summed E-state index contributed by atoms with van der Waals surface area (Å²) in [6, 6.07) is -0.688. The first-order chi connectivity index (χ1) is 10.2. The number of carbonyl (C=O) groups excluding carboxylic acids is 3. The van der Waals surface area contributed by atoms with Crippen LogP contribution in [-0.4, -0.2) is 65.2 Å². The second kappa shape index (κ2) is 7.92. The summed E-state index contributed by atoms with van der Waals surface area (Å²) in [6.45, 7) is 5.43. The van der Waals surface area contributed by atoms with Crippen LogP contribution in [0.15, 0.2) is 0 Å². The molecule has 1 aliphatic heterocycles. The number of methoxy groups -OCH3 is 1. The minimum atomic E-state index is -0.688. The average Bonchev–Trinajstić information content (AvgIpc) is 2.85. The summed E-state index contributed by atoms with van der Waals surface area (Å²) in [4.78, 5) is 36.7. The van der Waals surface area contributed by atoms with Gasteiger partial charge in [-0.05, 0) is 20.8 Å². The van der Waals surface area contributed by atoms with E-state index < -0.39 is 23.7 Å². The molecule has 1 aliphatic rings. The van der Waals surface area contributed by atoms with Gasteiger partial charge >= 0.3 is 12.1 Å². The first-order valence-electron chi connectivity index (χ1n) is 6.73. The zero-order valence-corrected chi connectivity index (χ0v) is 14.6. The summed E-state index contributed by atoms with van der Waals surface area (Å²) in [5.74, 6) is -0.712. The van der Waals surface area contributed by atoms with Crippen LogP contribution in [-0.2, 0) is 19.1 Å². The first kappa shape index (κ1) is 18.9. The summed E-state index contributed by atoms with van der Waals surface area (Å²) in [5.41, 5.74) is -0.604. The molecule has 22 heavy (non-hydrogen) atoms. The van der Waals surface area contributed by atoms with Gasteiger partial charge in [-0.25, -0.2) is 9.59 Å². The predicted molar refractivity (Wildman–Crippen MR) is 83.9 cm³/mol. The van der Waals surface area contributed by atoms with Crippen molar-refractivity contribution in [1.82, 2.24) is 10.2 Å². The molecule has 7 nitrogen and oxygen atoms in total. The summed E-state index contributed by atoms with van der Waals surface area (Å²) in [6.07, 6.45) is -0.576. The summed E-state index contributed by atoms with van der Waals surface area (Å²) in [5, 5.41) is 2.21. The molecule has 1 fully saturated rings. The number of esters is 1. The first-order valence-corrected chi connectivity index (χ1v) is 8.31. The lowest BCUT2D eigenvalue weighted by molar-refractivity contribution is -0.150. The van der Waals surface area contributed by atoms with Crippen molar-refractivity contribution in [3.63, 3.8) is 0 Å². The van der Waals surface area contributed by atoms with E-state index in [2.05, 4.69) is 5.32 Å². The molecule has 0 radical (unpaired) electrons. The Labute approximate surface area is 139 Å². The quantitative estimate of drug-likeness (QED) is 0.604. The number of carbonyl (C=O) groups is 3. The SMILES string of the molecule is COC(=O)[C@@H]1CS[C@@H](CNC(=O)OC(C)(C)C)N1C(=O)CCl. The van der Waals surface area contributed by atoms with Gasteiger partial charge in [-0.15, -0.1) is 23.4 Å². The Morgan fingerprint density at radius 3 is 2.50 bits per heavy atom. The van der Waals surface area contributed by atoms with Crippen LogP contribution in [0.3, 0.4) is 0 Å². The Kier molecular flexibility index (Phi) is 6.80. The maximum absolute atomic E-state index is 12.0. The summed E-state index contributed by atoms with van der Waals surface area (Å²) in [7, 11) is 1.27. The molecule has 0 bridgehead atoms. The Balaban J connectivity index is 2.67. The molecule has 0 unspecified atom stereocenters. The Hall–Kier alpha value is -1.15. The monoisotopic (exact) mass is 352 g/mol. The molecule has 0 spiro atoms. The molecule has 0 aromatic rings. The maximum Gasteiger partial charge on any atom is 0.407 e. The second-order valence-electron chi connectivity index (χ2n) is 5.64. The number of ether oxygens (including phenoxy) is 2. The highest BCUT2D eigenvalue weighted by atomic mass is 35.5. The maximum atomic E-state index is 12.0. The zero-order valence-electron chi connectivity index (χ0n) is 13.1. The minimum absolute atomic E-state index is 0.162. The van der Waals surface area contributed by atoms with E-state index in [-0.39, 0.29) is 23.7 Å². The second-order valence-corrected chi connectivity index (χ2v) is 7.12. The van der Waals surface area contributed by atoms with E-state index in [1.54, 1.807) is 20.8 Å². The molecule has 0 aromatic carbocycles. The lowest BCUT2D eigenvalue weighted by atomic mass is 10.2. The molecule has 1 saturated heterocycles. The van der Waals surface area contributed by atoms with Crippen molar-refractivity contribution < 1.29 is 23.9 Å². The normalized spacial score (nSPS) is 21.4. The lowest BCUT2D eigenvalue weighted by Gasteiger charge is -2.28. The van der Waals surface area contributed by atoms with E-state index in [1.165, 1.54) is 23.8 Å². The van der Waals surface area contributed by atoms with Crippen molar-refractivity contribution in [3.05, 3.63) is 0 Å². The lowest BCUT2D eigenvalue weighted by Crippen LogP contribution is -2.50. The number of rotatable bonds is 4. The fourth-order valence-corrected chi connectivity index (χ4v) is 3.39. The largest absolute Gasteiger partial charge is 0.467 e. The molecule has 9 heteroatoms. The van der Waals surface area contributed by atoms with Crippen molar-refractivity contribution in [2.75, 3.05) is 25.3 Å². The van der Waals surface area contributed by atoms with Crippen molar-refractivity contribution in [2.45, 2.75) is 37.8 Å². The minimum Gasteiger partial charge on any atom is -0.467 e. The molecule has 0 aliphatic carbocycles. The van der Waals surface area contributed by atoms with Crippen LogP contribution in [0.25, 0.3) is 0 Å². The van der Waals surface area contributed by atoms with E-state index in [0.29, 0.717) is 5.75 Å². The van der Waals surface area contributed by atoms with Gasteiger partial charge in [0.1, 0.15) is 17.5 Å². The number of nitrogens with zero attached hydrogens (tertiary/aromatic N) is 1. The highest BCUT2D eigenvalue weighted by Gasteiger charge is 2.42. The number of amides is 2. The number of nitrogens with one attached hydrogen (secondary N) is 1. The molecule has 1 rings (SSSR count). The Bertz CT molecular complexity index is 441. The summed E-state index contributed by atoms with van der Waals surface area (Å²) >= 11 is 6.98. The third-order valence-electron chi connectivity index (χ3n) is 2.79. The van der Waals surface area contributed by atoms with Gasteiger partial charge in [0.05, 0.1) is 19.0 Å². The smallest absolute Gasteiger partial charge is 0.407 e. The molecule has 126 valence electrons. The van der Waals surface area contributed by atoms with Gasteiger partial charge in [0.2, 0.25) is 5.91 Å². The van der Waals surface area contributed by atoms with Crippen LogP contribution in [0.4, 0.5) is 4.79 Å². The van der Waals surface area contributed by atoms with Crippen LogP contribution in [0.1, 0.15) is 20.8 Å². The van der Waals surface area contributed by atoms with Crippen molar-refractivity contribution in [3.8, 4) is 0 Å². The molecule has 1 heterocycles. The highest BCUT2D eigenvalue weighted by molar-refractivity contribution is 8.00. The van der Waals surface area contributed by atoms with Crippen LogP contribution in [0, 0.1) is 0 Å². The number of alkyl carbamates (subject to hydrolysis) is 1. The van der Waals surface area contributed by atoms with Crippen LogP contribution in [0.2, 0.25) is 0 Å². The molecular formula is C13H21ClN2O5S. The van der Waals surface area contributed by atoms with E-state index in [1.807, 2.05) is 0 Å². The van der Waals surface area contributed by atoms with Gasteiger partial charge in [0.15, 0.2) is 0 Å². The standard InChI is InChI=1S/C13H21ClN2O5S/c1-13(2,3)21-12(19)15-6-10-16(9(17)5-14)8(7-22-10)11(18)20-4/h8,10H,5-7H2,1-4H3,(H,15,19)/t8-,10-/m0/s1. The fourth-order valence-electron chi connectivity index (χ4n) is 1.93. The topological polar surface area (TPSA) is 84.9 Å². The van der Waals surface area contributed by atoms with Crippen molar-refractivity contribution in [1.29, 1.82) is 0 Å². The van der Waals surface area contributed by atoms with Crippen molar-refractivity contribution >= 4 is 41.3 Å². The van der Waals surface area contributed by atoms with Crippen LogP contribution >= 0.6 is 23.4 Å². The predicted octanol–water partition coefficient (Wildman–Crippen LogP) is 1.19. The molecule has 0 aromatic heterocycles. The Morgan fingerprint density at radius 2 is 2.00 bits per heavy atom. The van der Waals surface area contributed by atoms with Gasteiger partial charge in [-0.2, -0.15) is 0 Å². The molecule has 2 amide bonds. The van der Waals surface area contributed by atoms with E-state index in [4.69, 9.17) is 21.1 Å². The van der Waals surface area contributed by atoms with Gasteiger partial charge in [-0.1, -0.05) is 0 Å². The average molecular weight is 353 g/mol. The number of hydrogen-bond donors (Lipinski definition) is 1. The number of thioether (sulfide) groups is 1. The fraction of sp³-hybridized carbons (Fsp3) is 0.769. The van der Waals surface area contributed by atoms with Crippen LogP contribution in [0.5, 0.6) is 0 Å². The number of alkyl halides is 1. The van der Waals surface area contributed by atoms with Gasteiger partial charge < -0.3 is 19.7 Å². The third-order valence-corrected chi connectivity index (χ3v) is 4.30. The van der Waals surface area contributed by atoms with Crippen molar-refractivity contribution in [2.24, 2.45) is 0 Å². The molecule has 0 saturated carbocycles. The van der Waals surface area contributed by atoms with E-state index in [9.17, 15) is 14.4 Å². The van der Waals surface area contributed by atoms with Gasteiger partial charge in [-0.3, -0.25) is 4.79 Å². The van der Waals surface area contributed by atoms with E-state index >= 15 is 0 Å². The van der Waals surface area contributed by atoms with E-state index in [0.717, 1.165) is 0 Å². The number of halogens is 1. The van der Waals surface area contributed by atoms with Crippen LogP contribution < -0.4 is 5.32 Å². The molecule has 1 N–H and O–H groups in total. The van der Waals surface area contributed by atoms with Gasteiger partial charge in [0, 0.05) is 5.75 Å². The highest BCUT2D eigenvalue weighted by Crippen LogP contribution is 2.29. The zero-order chi connectivity index (χ0) is 16.9. The third kappa shape index (κ3) is 5.24. The summed E-state index contributed by atoms with van der Waals surface area (Å²) < 4.78 is 9.83. The Morgan fingerprint density at radius 1 is 1.36 bits per heavy atom.